The van der Waals surface area contributed by atoms with Gasteiger partial charge in [-0.25, -0.2) is 4.98 Å². The van der Waals surface area contributed by atoms with E-state index in [2.05, 4.69) is 22.0 Å². The van der Waals surface area contributed by atoms with Crippen LogP contribution in [0.3, 0.4) is 0 Å². The summed E-state index contributed by atoms with van der Waals surface area (Å²) in [4.78, 5) is 18.0. The molecule has 0 spiro atoms. The minimum Gasteiger partial charge on any atom is -0.465 e. The second-order valence-corrected chi connectivity index (χ2v) is 11.7. The van der Waals surface area contributed by atoms with Crippen molar-refractivity contribution in [3.63, 3.8) is 0 Å². The number of aromatic nitrogens is 1. The number of amides is 1. The Morgan fingerprint density at radius 1 is 1.00 bits per heavy atom. The van der Waals surface area contributed by atoms with Gasteiger partial charge in [0.25, 0.3) is 0 Å². The second kappa shape index (κ2) is 9.89. The fourth-order valence-corrected chi connectivity index (χ4v) is 7.63. The van der Waals surface area contributed by atoms with Gasteiger partial charge in [-0.2, -0.15) is 0 Å². The maximum atomic E-state index is 13.2. The molecule has 0 aliphatic heterocycles. The monoisotopic (exact) mass is 486 g/mol. The number of fused-ring (bicyclic) bond motifs is 1. The molecule has 4 aliphatic carbocycles. The summed E-state index contributed by atoms with van der Waals surface area (Å²) in [5.74, 6) is 5.55. The molecule has 1 amide bonds. The molecule has 6 nitrogen and oxygen atoms in total. The number of hydrogen-bond acceptors (Lipinski definition) is 5. The van der Waals surface area contributed by atoms with E-state index in [0.717, 1.165) is 77.7 Å². The first-order valence-corrected chi connectivity index (χ1v) is 13.7. The molecule has 190 valence electrons. The van der Waals surface area contributed by atoms with Gasteiger partial charge in [-0.05, 0) is 118 Å². The van der Waals surface area contributed by atoms with Gasteiger partial charge in [-0.15, -0.1) is 0 Å². The number of carbonyl (C=O) groups excluding carboxylic acids is 1. The Kier molecular flexibility index (Phi) is 6.46. The van der Waals surface area contributed by atoms with E-state index in [9.17, 15) is 4.79 Å². The molecular formula is C30H38N4O2. The highest BCUT2D eigenvalue weighted by Crippen LogP contribution is 2.61. The van der Waals surface area contributed by atoms with E-state index in [-0.39, 0.29) is 11.3 Å². The topological polar surface area (TPSA) is 79.2 Å². The summed E-state index contributed by atoms with van der Waals surface area (Å²) in [6, 6.07) is 14.1. The number of nitrogens with one attached hydrogen (secondary N) is 3. The molecule has 0 unspecified atom stereocenters. The molecule has 2 heterocycles. The van der Waals surface area contributed by atoms with E-state index in [1.807, 2.05) is 43.3 Å². The lowest BCUT2D eigenvalue weighted by atomic mass is 9.49. The number of rotatable bonds is 10. The number of furan rings is 1. The summed E-state index contributed by atoms with van der Waals surface area (Å²) in [5.41, 5.74) is 2.03. The van der Waals surface area contributed by atoms with E-state index >= 15 is 0 Å². The van der Waals surface area contributed by atoms with Crippen LogP contribution in [0.5, 0.6) is 0 Å². The van der Waals surface area contributed by atoms with Gasteiger partial charge in [0.15, 0.2) is 0 Å². The van der Waals surface area contributed by atoms with Crippen molar-refractivity contribution in [1.29, 1.82) is 0 Å². The molecule has 4 saturated carbocycles. The molecule has 0 radical (unpaired) electrons. The molecule has 36 heavy (non-hydrogen) atoms. The van der Waals surface area contributed by atoms with Gasteiger partial charge in [0.1, 0.15) is 17.3 Å². The average Bonchev–Trinajstić information content (AvgIpc) is 3.25. The van der Waals surface area contributed by atoms with Gasteiger partial charge in [-0.1, -0.05) is 6.07 Å². The standard InChI is InChI=1S/C30H38N4O2/c1-20-6-7-24(36-20)19-31-10-3-11-32-28-9-8-25-26(33-28)4-2-5-27(25)34-29(35)18-30-15-21-12-22(16-30)14-23(13-21)17-30/h2,4-9,21-23,31H,3,10-19H2,1H3,(H,32,33)(H,34,35). The summed E-state index contributed by atoms with van der Waals surface area (Å²) in [6.45, 7) is 4.45. The Hall–Kier alpha value is -2.86. The minimum atomic E-state index is 0.170. The zero-order valence-corrected chi connectivity index (χ0v) is 21.3. The number of aryl methyl sites for hydroxylation is 1. The molecule has 7 rings (SSSR count). The fraction of sp³-hybridized carbons (Fsp3) is 0.533. The van der Waals surface area contributed by atoms with Crippen LogP contribution in [-0.2, 0) is 11.3 Å². The van der Waals surface area contributed by atoms with Crippen LogP contribution in [0.4, 0.5) is 11.5 Å². The van der Waals surface area contributed by atoms with Crippen LogP contribution in [-0.4, -0.2) is 24.0 Å². The number of anilines is 2. The van der Waals surface area contributed by atoms with E-state index in [0.29, 0.717) is 6.42 Å². The number of carbonyl (C=O) groups is 1. The SMILES string of the molecule is Cc1ccc(CNCCCNc2ccc3c(NC(=O)CC45CC6CC(CC(C6)C4)C5)cccc3n2)o1. The molecule has 4 aliphatic rings. The van der Waals surface area contributed by atoms with Crippen molar-refractivity contribution >= 4 is 28.3 Å². The minimum absolute atomic E-state index is 0.170. The van der Waals surface area contributed by atoms with Gasteiger partial charge < -0.3 is 20.4 Å². The molecule has 0 saturated heterocycles. The van der Waals surface area contributed by atoms with Crippen LogP contribution < -0.4 is 16.0 Å². The maximum absolute atomic E-state index is 13.2. The summed E-state index contributed by atoms with van der Waals surface area (Å²) in [6.07, 6.45) is 9.67. The first kappa shape index (κ1) is 23.5. The van der Waals surface area contributed by atoms with Crippen LogP contribution in [0, 0.1) is 30.1 Å². The number of benzene rings is 1. The van der Waals surface area contributed by atoms with Crippen LogP contribution in [0.2, 0.25) is 0 Å². The van der Waals surface area contributed by atoms with Gasteiger partial charge in [-0.3, -0.25) is 4.79 Å². The van der Waals surface area contributed by atoms with Gasteiger partial charge in [0.2, 0.25) is 5.91 Å². The molecule has 3 N–H and O–H groups in total. The summed E-state index contributed by atoms with van der Waals surface area (Å²) in [5, 5.41) is 11.1. The van der Waals surface area contributed by atoms with Crippen molar-refractivity contribution in [2.24, 2.45) is 23.2 Å². The van der Waals surface area contributed by atoms with Crippen LogP contribution in [0.15, 0.2) is 46.9 Å². The summed E-state index contributed by atoms with van der Waals surface area (Å²) < 4.78 is 5.58. The van der Waals surface area contributed by atoms with Crippen molar-refractivity contribution in [2.45, 2.75) is 64.8 Å². The van der Waals surface area contributed by atoms with Crippen LogP contribution in [0.1, 0.15) is 62.9 Å². The number of pyridine rings is 1. The Morgan fingerprint density at radius 3 is 2.50 bits per heavy atom. The average molecular weight is 487 g/mol. The van der Waals surface area contributed by atoms with E-state index in [1.165, 1.54) is 38.5 Å². The van der Waals surface area contributed by atoms with Crippen molar-refractivity contribution in [1.82, 2.24) is 10.3 Å². The van der Waals surface area contributed by atoms with E-state index < -0.39 is 0 Å². The molecular weight excluding hydrogens is 448 g/mol. The fourth-order valence-electron chi connectivity index (χ4n) is 7.63. The van der Waals surface area contributed by atoms with Crippen molar-refractivity contribution in [3.05, 3.63) is 54.0 Å². The predicted octanol–water partition coefficient (Wildman–Crippen LogP) is 6.27. The number of hydrogen-bond donors (Lipinski definition) is 3. The molecule has 6 heteroatoms. The molecule has 2 aromatic heterocycles. The largest absolute Gasteiger partial charge is 0.465 e. The van der Waals surface area contributed by atoms with Crippen molar-refractivity contribution in [2.75, 3.05) is 23.7 Å². The highest BCUT2D eigenvalue weighted by Gasteiger charge is 2.51. The second-order valence-electron chi connectivity index (χ2n) is 11.7. The van der Waals surface area contributed by atoms with Gasteiger partial charge in [0.05, 0.1) is 17.7 Å². The molecule has 4 fully saturated rings. The Bertz CT molecular complexity index is 1200. The summed E-state index contributed by atoms with van der Waals surface area (Å²) in [7, 11) is 0. The zero-order valence-electron chi connectivity index (χ0n) is 21.3. The van der Waals surface area contributed by atoms with Crippen molar-refractivity contribution < 1.29 is 9.21 Å². The normalized spacial score (nSPS) is 26.4. The lowest BCUT2D eigenvalue weighted by Crippen LogP contribution is -2.47. The third-order valence-electron chi connectivity index (χ3n) is 8.64. The highest BCUT2D eigenvalue weighted by molar-refractivity contribution is 6.01. The predicted molar refractivity (Wildman–Crippen MR) is 144 cm³/mol. The molecule has 3 aromatic rings. The lowest BCUT2D eigenvalue weighted by Gasteiger charge is -2.56. The van der Waals surface area contributed by atoms with Crippen LogP contribution in [0.25, 0.3) is 10.9 Å². The first-order chi connectivity index (χ1) is 17.5. The first-order valence-electron chi connectivity index (χ1n) is 13.7. The highest BCUT2D eigenvalue weighted by atomic mass is 16.3. The Balaban J connectivity index is 1.02. The third-order valence-corrected chi connectivity index (χ3v) is 8.64. The quantitative estimate of drug-likeness (QED) is 0.294. The molecule has 1 aromatic carbocycles. The third kappa shape index (κ3) is 5.15. The van der Waals surface area contributed by atoms with Gasteiger partial charge in [0, 0.05) is 18.4 Å². The van der Waals surface area contributed by atoms with Crippen LogP contribution >= 0.6 is 0 Å². The molecule has 0 atom stereocenters. The van der Waals surface area contributed by atoms with E-state index in [4.69, 9.17) is 9.40 Å². The Morgan fingerprint density at radius 2 is 1.78 bits per heavy atom. The van der Waals surface area contributed by atoms with Gasteiger partial charge >= 0.3 is 0 Å². The van der Waals surface area contributed by atoms with E-state index in [1.54, 1.807) is 0 Å². The summed E-state index contributed by atoms with van der Waals surface area (Å²) >= 11 is 0. The number of nitrogens with zero attached hydrogens (tertiary/aromatic N) is 1. The Labute approximate surface area is 213 Å². The maximum Gasteiger partial charge on any atom is 0.224 e. The zero-order chi connectivity index (χ0) is 24.5. The van der Waals surface area contributed by atoms with Crippen molar-refractivity contribution in [3.8, 4) is 0 Å². The molecule has 4 bridgehead atoms. The smallest absolute Gasteiger partial charge is 0.224 e. The lowest BCUT2D eigenvalue weighted by molar-refractivity contribution is -0.124.